The van der Waals surface area contributed by atoms with Crippen LogP contribution in [0, 0.1) is 5.92 Å². The minimum atomic E-state index is -2.54. The number of benzene rings is 2. The zero-order valence-electron chi connectivity index (χ0n) is 22.7. The lowest BCUT2D eigenvalue weighted by Gasteiger charge is -2.39. The van der Waals surface area contributed by atoms with E-state index in [4.69, 9.17) is 13.0 Å². The predicted octanol–water partition coefficient (Wildman–Crippen LogP) is 5.62. The SMILES string of the molecule is CC(C[Si](C)(O[Si](C)(C)C)O[Si](C)(C)C)C(=O)OCCc1ccc(O)c(-n2nc3ccccc3n2)c1. The van der Waals surface area contributed by atoms with Crippen LogP contribution in [-0.2, 0) is 24.2 Å². The number of ether oxygens (including phenoxy) is 1. The standard InChI is InChI=1S/C25H39N3O5Si3/c1-19(18-36(8,32-34(2,3)4)33-35(5,6)7)25(30)31-16-15-20-13-14-24(29)23(17-20)28-26-21-11-9-10-12-22(21)27-28/h9-14,17,19,29H,15-16,18H2,1-8H3. The number of fused-ring (bicyclic) bond motifs is 1. The molecular weight excluding hydrogens is 507 g/mol. The summed E-state index contributed by atoms with van der Waals surface area (Å²) in [5.41, 5.74) is 2.89. The highest BCUT2D eigenvalue weighted by Gasteiger charge is 2.42. The summed E-state index contributed by atoms with van der Waals surface area (Å²) in [7, 11) is -6.21. The molecule has 0 aliphatic carbocycles. The third-order valence-electron chi connectivity index (χ3n) is 5.30. The molecule has 3 rings (SSSR count). The minimum Gasteiger partial charge on any atom is -0.506 e. The van der Waals surface area contributed by atoms with Crippen molar-refractivity contribution in [1.82, 2.24) is 15.0 Å². The Hall–Kier alpha value is -2.32. The average Bonchev–Trinajstić information content (AvgIpc) is 3.15. The molecule has 11 heteroatoms. The summed E-state index contributed by atoms with van der Waals surface area (Å²) < 4.78 is 18.7. The fraction of sp³-hybridized carbons (Fsp3) is 0.480. The molecule has 0 spiro atoms. The quantitative estimate of drug-likeness (QED) is 0.247. The van der Waals surface area contributed by atoms with Gasteiger partial charge in [-0.15, -0.1) is 15.0 Å². The fourth-order valence-electron chi connectivity index (χ4n) is 4.30. The van der Waals surface area contributed by atoms with Crippen LogP contribution in [0.15, 0.2) is 42.5 Å². The van der Waals surface area contributed by atoms with Crippen molar-refractivity contribution in [2.75, 3.05) is 6.61 Å². The molecule has 1 N–H and O–H groups in total. The van der Waals surface area contributed by atoms with Crippen LogP contribution >= 0.6 is 0 Å². The maximum atomic E-state index is 12.8. The molecule has 0 amide bonds. The van der Waals surface area contributed by atoms with Crippen LogP contribution in [0.1, 0.15) is 12.5 Å². The first-order chi connectivity index (χ1) is 16.6. The highest BCUT2D eigenvalue weighted by Crippen LogP contribution is 2.28. The van der Waals surface area contributed by atoms with Crippen LogP contribution in [0.3, 0.4) is 0 Å². The van der Waals surface area contributed by atoms with Gasteiger partial charge in [0, 0.05) is 12.5 Å². The molecule has 36 heavy (non-hydrogen) atoms. The van der Waals surface area contributed by atoms with Gasteiger partial charge in [0.1, 0.15) is 22.5 Å². The number of rotatable bonds is 11. The number of aromatic nitrogens is 3. The Morgan fingerprint density at radius 1 is 0.944 bits per heavy atom. The second-order valence-electron chi connectivity index (χ2n) is 11.4. The van der Waals surface area contributed by atoms with E-state index in [1.807, 2.05) is 43.3 Å². The number of phenols is 1. The highest BCUT2D eigenvalue weighted by atomic mass is 28.5. The molecule has 2 aromatic carbocycles. The summed E-state index contributed by atoms with van der Waals surface area (Å²) in [5.74, 6) is -0.477. The molecule has 1 atom stereocenters. The fourth-order valence-corrected chi connectivity index (χ4v) is 17.2. The summed E-state index contributed by atoms with van der Waals surface area (Å²) in [6.07, 6.45) is 0.512. The van der Waals surface area contributed by atoms with Crippen molar-refractivity contribution in [2.24, 2.45) is 5.92 Å². The summed E-state index contributed by atoms with van der Waals surface area (Å²) >= 11 is 0. The molecule has 1 unspecified atom stereocenters. The Labute approximate surface area is 217 Å². The normalized spacial score (nSPS) is 13.7. The molecular formula is C25H39N3O5Si3. The van der Waals surface area contributed by atoms with Gasteiger partial charge in [-0.05, 0) is 75.7 Å². The molecule has 0 aliphatic heterocycles. The Kier molecular flexibility index (Phi) is 8.61. The first-order valence-corrected chi connectivity index (χ1v) is 21.7. The highest BCUT2D eigenvalue weighted by molar-refractivity contribution is 6.87. The van der Waals surface area contributed by atoms with E-state index >= 15 is 0 Å². The van der Waals surface area contributed by atoms with Crippen LogP contribution < -0.4 is 0 Å². The number of carbonyl (C=O) groups excluding carboxylic acids is 1. The average molecular weight is 546 g/mol. The van der Waals surface area contributed by atoms with Crippen LogP contribution in [0.5, 0.6) is 5.75 Å². The van der Waals surface area contributed by atoms with Crippen LogP contribution in [-0.4, -0.2) is 57.9 Å². The third kappa shape index (κ3) is 8.10. The van der Waals surface area contributed by atoms with Gasteiger partial charge in [0.05, 0.1) is 12.5 Å². The lowest BCUT2D eigenvalue weighted by molar-refractivity contribution is -0.147. The van der Waals surface area contributed by atoms with Crippen molar-refractivity contribution in [3.05, 3.63) is 48.0 Å². The van der Waals surface area contributed by atoms with Gasteiger partial charge in [0.15, 0.2) is 16.6 Å². The number of phenolic OH excluding ortho intramolecular Hbond substituents is 1. The van der Waals surface area contributed by atoms with Crippen molar-refractivity contribution in [2.45, 2.75) is 65.2 Å². The first-order valence-electron chi connectivity index (χ1n) is 12.4. The maximum Gasteiger partial charge on any atom is 0.315 e. The molecule has 0 saturated heterocycles. The third-order valence-corrected chi connectivity index (χ3v) is 15.0. The summed E-state index contributed by atoms with van der Waals surface area (Å²) in [5, 5.41) is 19.3. The van der Waals surface area contributed by atoms with E-state index in [2.05, 4.69) is 56.0 Å². The summed E-state index contributed by atoms with van der Waals surface area (Å²) in [6.45, 7) is 17.1. The largest absolute Gasteiger partial charge is 0.506 e. The molecule has 0 bridgehead atoms. The van der Waals surface area contributed by atoms with Gasteiger partial charge < -0.3 is 18.1 Å². The van der Waals surface area contributed by atoms with Gasteiger partial charge in [-0.3, -0.25) is 4.79 Å². The topological polar surface area (TPSA) is 95.7 Å². The molecule has 1 heterocycles. The molecule has 8 nitrogen and oxygen atoms in total. The molecule has 0 fully saturated rings. The predicted molar refractivity (Wildman–Crippen MR) is 150 cm³/mol. The van der Waals surface area contributed by atoms with Gasteiger partial charge in [-0.2, -0.15) is 0 Å². The molecule has 196 valence electrons. The number of hydrogen-bond acceptors (Lipinski definition) is 7. The van der Waals surface area contributed by atoms with E-state index in [9.17, 15) is 9.90 Å². The van der Waals surface area contributed by atoms with Gasteiger partial charge in [-0.25, -0.2) is 0 Å². The smallest absolute Gasteiger partial charge is 0.315 e. The number of carbonyl (C=O) groups is 1. The van der Waals surface area contributed by atoms with E-state index in [1.165, 1.54) is 4.80 Å². The molecule has 0 radical (unpaired) electrons. The lowest BCUT2D eigenvalue weighted by atomic mass is 10.1. The van der Waals surface area contributed by atoms with Crippen molar-refractivity contribution in [3.63, 3.8) is 0 Å². The lowest BCUT2D eigenvalue weighted by Crippen LogP contribution is -2.53. The first kappa shape index (κ1) is 28.3. The Bertz CT molecular complexity index is 1150. The Morgan fingerprint density at radius 2 is 1.50 bits per heavy atom. The van der Waals surface area contributed by atoms with E-state index in [1.54, 1.807) is 6.07 Å². The van der Waals surface area contributed by atoms with E-state index in [0.717, 1.165) is 16.6 Å². The monoisotopic (exact) mass is 545 g/mol. The van der Waals surface area contributed by atoms with Crippen molar-refractivity contribution in [1.29, 1.82) is 0 Å². The number of hydrogen-bond donors (Lipinski definition) is 1. The summed E-state index contributed by atoms with van der Waals surface area (Å²) in [4.78, 5) is 14.3. The van der Waals surface area contributed by atoms with E-state index < -0.39 is 25.2 Å². The number of aromatic hydroxyl groups is 1. The van der Waals surface area contributed by atoms with Crippen molar-refractivity contribution < 1.29 is 22.9 Å². The molecule has 1 aromatic heterocycles. The van der Waals surface area contributed by atoms with Crippen molar-refractivity contribution in [3.8, 4) is 11.4 Å². The maximum absolute atomic E-state index is 12.8. The Balaban J connectivity index is 1.62. The van der Waals surface area contributed by atoms with Gasteiger partial charge >= 0.3 is 14.5 Å². The minimum absolute atomic E-state index is 0.0821. The Morgan fingerprint density at radius 3 is 2.03 bits per heavy atom. The van der Waals surface area contributed by atoms with Crippen LogP contribution in [0.25, 0.3) is 16.7 Å². The van der Waals surface area contributed by atoms with Crippen molar-refractivity contribution >= 4 is 42.2 Å². The zero-order chi connectivity index (χ0) is 26.7. The molecule has 3 aromatic rings. The van der Waals surface area contributed by atoms with Crippen LogP contribution in [0.4, 0.5) is 0 Å². The molecule has 0 aliphatic rings. The van der Waals surface area contributed by atoms with Gasteiger partial charge in [-0.1, -0.05) is 25.1 Å². The van der Waals surface area contributed by atoms with Gasteiger partial charge in [0.2, 0.25) is 0 Å². The number of esters is 1. The number of nitrogens with zero attached hydrogens (tertiary/aromatic N) is 3. The second-order valence-corrected chi connectivity index (χ2v) is 24.1. The zero-order valence-corrected chi connectivity index (χ0v) is 25.7. The van der Waals surface area contributed by atoms with E-state index in [0.29, 0.717) is 18.2 Å². The van der Waals surface area contributed by atoms with Gasteiger partial charge in [0.25, 0.3) is 0 Å². The van der Waals surface area contributed by atoms with Crippen LogP contribution in [0.2, 0.25) is 51.9 Å². The second kappa shape index (κ2) is 11.0. The van der Waals surface area contributed by atoms with E-state index in [-0.39, 0.29) is 24.2 Å². The molecule has 0 saturated carbocycles. The summed E-state index contributed by atoms with van der Waals surface area (Å²) in [6, 6.07) is 13.4.